The topological polar surface area (TPSA) is 85.2 Å². The molecular formula is C22H26N4O2S. The number of nitrogens with zero attached hydrogens (tertiary/aromatic N) is 2. The van der Waals surface area contributed by atoms with Crippen LogP contribution in [0.3, 0.4) is 0 Å². The fraction of sp³-hybridized carbons (Fsp3) is 0.409. The van der Waals surface area contributed by atoms with Gasteiger partial charge in [0.1, 0.15) is 11.1 Å². The molecule has 1 aromatic carbocycles. The third kappa shape index (κ3) is 5.22. The van der Waals surface area contributed by atoms with Crippen LogP contribution in [-0.4, -0.2) is 37.4 Å². The van der Waals surface area contributed by atoms with Crippen molar-refractivity contribution in [3.8, 4) is 6.07 Å². The first-order chi connectivity index (χ1) is 14.0. The summed E-state index contributed by atoms with van der Waals surface area (Å²) in [5, 5.41) is 15.8. The Morgan fingerprint density at radius 3 is 2.62 bits per heavy atom. The van der Waals surface area contributed by atoms with E-state index in [2.05, 4.69) is 21.6 Å². The second-order valence-corrected chi connectivity index (χ2v) is 8.44. The van der Waals surface area contributed by atoms with Crippen molar-refractivity contribution in [2.24, 2.45) is 0 Å². The summed E-state index contributed by atoms with van der Waals surface area (Å²) in [4.78, 5) is 27.3. The average molecular weight is 411 g/mol. The Hall–Kier alpha value is -2.69. The largest absolute Gasteiger partial charge is 0.355 e. The molecule has 0 unspecified atom stereocenters. The lowest BCUT2D eigenvalue weighted by molar-refractivity contribution is -0.116. The number of fused-ring (bicyclic) bond motifs is 1. The van der Waals surface area contributed by atoms with Crippen LogP contribution in [0.2, 0.25) is 0 Å². The van der Waals surface area contributed by atoms with Crippen LogP contribution in [0.1, 0.15) is 51.2 Å². The molecule has 3 rings (SSSR count). The fourth-order valence-corrected chi connectivity index (χ4v) is 4.81. The standard InChI is InChI=1S/C22H26N4O2S/c1-24-21(28)16-9-7-15(8-10-16)14-26(2)12-11-20(27)25-22-18(13-23)17-5-3-4-6-19(17)29-22/h7-10H,3-6,11-12,14H2,1-2H3,(H,24,28)(H,25,27). The molecule has 2 aromatic rings. The molecular weight excluding hydrogens is 384 g/mol. The van der Waals surface area contributed by atoms with Gasteiger partial charge in [0, 0.05) is 37.0 Å². The SMILES string of the molecule is CNC(=O)c1ccc(CN(C)CCC(=O)Nc2sc3c(c2C#N)CCCC3)cc1. The maximum Gasteiger partial charge on any atom is 0.251 e. The normalized spacial score (nSPS) is 12.9. The zero-order chi connectivity index (χ0) is 20.8. The van der Waals surface area contributed by atoms with Crippen molar-refractivity contribution >= 4 is 28.2 Å². The van der Waals surface area contributed by atoms with E-state index in [1.807, 2.05) is 19.2 Å². The summed E-state index contributed by atoms with van der Waals surface area (Å²) in [7, 11) is 3.57. The van der Waals surface area contributed by atoms with E-state index in [1.54, 1.807) is 30.5 Å². The number of nitriles is 1. The van der Waals surface area contributed by atoms with Gasteiger partial charge in [0.15, 0.2) is 0 Å². The molecule has 1 aliphatic rings. The number of carbonyl (C=O) groups is 2. The molecule has 0 spiro atoms. The van der Waals surface area contributed by atoms with Crippen LogP contribution in [0.5, 0.6) is 0 Å². The summed E-state index contributed by atoms with van der Waals surface area (Å²) in [5.41, 5.74) is 3.50. The first-order valence-corrected chi connectivity index (χ1v) is 10.7. The highest BCUT2D eigenvalue weighted by Gasteiger charge is 2.21. The maximum atomic E-state index is 12.4. The summed E-state index contributed by atoms with van der Waals surface area (Å²) in [6.45, 7) is 1.30. The van der Waals surface area contributed by atoms with Crippen LogP contribution in [0, 0.1) is 11.3 Å². The Balaban J connectivity index is 1.51. The number of anilines is 1. The molecule has 1 aliphatic carbocycles. The van der Waals surface area contributed by atoms with Crippen LogP contribution in [0.15, 0.2) is 24.3 Å². The Morgan fingerprint density at radius 2 is 1.93 bits per heavy atom. The molecule has 0 aliphatic heterocycles. The molecule has 152 valence electrons. The third-order valence-corrected chi connectivity index (χ3v) is 6.36. The van der Waals surface area contributed by atoms with Gasteiger partial charge in [0.2, 0.25) is 5.91 Å². The van der Waals surface area contributed by atoms with E-state index in [9.17, 15) is 14.9 Å². The van der Waals surface area contributed by atoms with Crippen molar-refractivity contribution in [2.75, 3.05) is 26.0 Å². The van der Waals surface area contributed by atoms with Crippen molar-refractivity contribution in [3.63, 3.8) is 0 Å². The molecule has 6 nitrogen and oxygen atoms in total. The Kier molecular flexibility index (Phi) is 7.02. The van der Waals surface area contributed by atoms with Gasteiger partial charge in [-0.05, 0) is 56.0 Å². The van der Waals surface area contributed by atoms with Crippen molar-refractivity contribution in [1.29, 1.82) is 5.26 Å². The minimum absolute atomic E-state index is 0.0677. The number of amides is 2. The Morgan fingerprint density at radius 1 is 1.21 bits per heavy atom. The van der Waals surface area contributed by atoms with Gasteiger partial charge in [0.05, 0.1) is 5.56 Å². The summed E-state index contributed by atoms with van der Waals surface area (Å²) in [6, 6.07) is 9.74. The third-order valence-electron chi connectivity index (χ3n) is 5.15. The molecule has 0 bridgehead atoms. The minimum atomic E-state index is -0.103. The molecule has 29 heavy (non-hydrogen) atoms. The first kappa shape index (κ1) is 21.0. The highest BCUT2D eigenvalue weighted by molar-refractivity contribution is 7.16. The van der Waals surface area contributed by atoms with Crippen LogP contribution in [-0.2, 0) is 24.2 Å². The average Bonchev–Trinajstić information content (AvgIpc) is 3.09. The second kappa shape index (κ2) is 9.68. The van der Waals surface area contributed by atoms with Gasteiger partial charge in [-0.15, -0.1) is 11.3 Å². The van der Waals surface area contributed by atoms with E-state index in [0.717, 1.165) is 36.8 Å². The number of aryl methyl sites for hydroxylation is 1. The lowest BCUT2D eigenvalue weighted by atomic mass is 9.96. The molecule has 1 aromatic heterocycles. The fourth-order valence-electron chi connectivity index (χ4n) is 3.55. The Labute approximate surface area is 175 Å². The summed E-state index contributed by atoms with van der Waals surface area (Å²) >= 11 is 1.56. The van der Waals surface area contributed by atoms with Crippen molar-refractivity contribution < 1.29 is 9.59 Å². The number of nitrogens with one attached hydrogen (secondary N) is 2. The van der Waals surface area contributed by atoms with Crippen LogP contribution in [0.4, 0.5) is 5.00 Å². The second-order valence-electron chi connectivity index (χ2n) is 7.34. The number of rotatable bonds is 7. The molecule has 1 heterocycles. The van der Waals surface area contributed by atoms with Gasteiger partial charge >= 0.3 is 0 Å². The van der Waals surface area contributed by atoms with Crippen LogP contribution >= 0.6 is 11.3 Å². The number of thiophene rings is 1. The molecule has 0 fully saturated rings. The Bertz CT molecular complexity index is 928. The molecule has 0 atom stereocenters. The lowest BCUT2D eigenvalue weighted by Crippen LogP contribution is -2.24. The van der Waals surface area contributed by atoms with E-state index in [-0.39, 0.29) is 11.8 Å². The van der Waals surface area contributed by atoms with Crippen LogP contribution < -0.4 is 10.6 Å². The summed E-state index contributed by atoms with van der Waals surface area (Å²) in [6.07, 6.45) is 4.57. The van der Waals surface area contributed by atoms with E-state index in [0.29, 0.717) is 35.6 Å². The van der Waals surface area contributed by atoms with E-state index in [1.165, 1.54) is 4.88 Å². The van der Waals surface area contributed by atoms with Crippen molar-refractivity contribution in [3.05, 3.63) is 51.4 Å². The summed E-state index contributed by atoms with van der Waals surface area (Å²) < 4.78 is 0. The van der Waals surface area contributed by atoms with Gasteiger partial charge in [-0.2, -0.15) is 5.26 Å². The lowest BCUT2D eigenvalue weighted by Gasteiger charge is -2.16. The number of hydrogen-bond acceptors (Lipinski definition) is 5. The van der Waals surface area contributed by atoms with E-state index < -0.39 is 0 Å². The maximum absolute atomic E-state index is 12.4. The van der Waals surface area contributed by atoms with Crippen molar-refractivity contribution in [1.82, 2.24) is 10.2 Å². The van der Waals surface area contributed by atoms with Gasteiger partial charge < -0.3 is 15.5 Å². The molecule has 0 radical (unpaired) electrons. The quantitative estimate of drug-likeness (QED) is 0.733. The monoisotopic (exact) mass is 410 g/mol. The zero-order valence-corrected chi connectivity index (χ0v) is 17.7. The smallest absolute Gasteiger partial charge is 0.251 e. The van der Waals surface area contributed by atoms with E-state index >= 15 is 0 Å². The van der Waals surface area contributed by atoms with Gasteiger partial charge in [0.25, 0.3) is 5.91 Å². The minimum Gasteiger partial charge on any atom is -0.355 e. The molecule has 7 heteroatoms. The van der Waals surface area contributed by atoms with Crippen LogP contribution in [0.25, 0.3) is 0 Å². The predicted molar refractivity (Wildman–Crippen MR) is 115 cm³/mol. The van der Waals surface area contributed by atoms with E-state index in [4.69, 9.17) is 0 Å². The summed E-state index contributed by atoms with van der Waals surface area (Å²) in [5.74, 6) is -0.171. The highest BCUT2D eigenvalue weighted by atomic mass is 32.1. The van der Waals surface area contributed by atoms with Gasteiger partial charge in [-0.25, -0.2) is 0 Å². The molecule has 0 saturated heterocycles. The molecule has 2 N–H and O–H groups in total. The first-order valence-electron chi connectivity index (χ1n) is 9.86. The highest BCUT2D eigenvalue weighted by Crippen LogP contribution is 2.37. The number of benzene rings is 1. The van der Waals surface area contributed by atoms with Crippen molar-refractivity contribution in [2.45, 2.75) is 38.6 Å². The molecule has 0 saturated carbocycles. The molecule has 2 amide bonds. The number of carbonyl (C=O) groups excluding carboxylic acids is 2. The van der Waals surface area contributed by atoms with Gasteiger partial charge in [-0.3, -0.25) is 9.59 Å². The predicted octanol–water partition coefficient (Wildman–Crippen LogP) is 3.32. The van der Waals surface area contributed by atoms with Gasteiger partial charge in [-0.1, -0.05) is 12.1 Å². The zero-order valence-electron chi connectivity index (χ0n) is 16.9. The number of hydrogen-bond donors (Lipinski definition) is 2.